The SMILES string of the molecule is CCCCOCCOCCN=C(NCC)N(C)CCc1cccs1. The molecule has 5 nitrogen and oxygen atoms in total. The van der Waals surface area contributed by atoms with Gasteiger partial charge in [-0.3, -0.25) is 4.99 Å². The maximum absolute atomic E-state index is 5.56. The molecule has 24 heavy (non-hydrogen) atoms. The lowest BCUT2D eigenvalue weighted by Crippen LogP contribution is -2.40. The van der Waals surface area contributed by atoms with Crippen molar-refractivity contribution >= 4 is 17.3 Å². The van der Waals surface area contributed by atoms with Crippen molar-refractivity contribution in [2.24, 2.45) is 4.99 Å². The van der Waals surface area contributed by atoms with Crippen molar-refractivity contribution in [1.29, 1.82) is 0 Å². The quantitative estimate of drug-likeness (QED) is 0.336. The minimum Gasteiger partial charge on any atom is -0.379 e. The van der Waals surface area contributed by atoms with Crippen LogP contribution in [0.4, 0.5) is 0 Å². The molecule has 0 bridgehead atoms. The number of unbranched alkanes of at least 4 members (excludes halogenated alkanes) is 1. The first-order valence-corrected chi connectivity index (χ1v) is 9.83. The molecule has 0 aliphatic rings. The maximum atomic E-state index is 5.56. The van der Waals surface area contributed by atoms with E-state index in [4.69, 9.17) is 9.47 Å². The number of ether oxygens (including phenoxy) is 2. The van der Waals surface area contributed by atoms with Crippen LogP contribution in [0.2, 0.25) is 0 Å². The Hall–Kier alpha value is -1.11. The topological polar surface area (TPSA) is 46.1 Å². The lowest BCUT2D eigenvalue weighted by Gasteiger charge is -2.21. The zero-order valence-corrected chi connectivity index (χ0v) is 16.2. The monoisotopic (exact) mass is 355 g/mol. The number of rotatable bonds is 13. The van der Waals surface area contributed by atoms with Crippen LogP contribution in [0.3, 0.4) is 0 Å². The van der Waals surface area contributed by atoms with Gasteiger partial charge in [0.25, 0.3) is 0 Å². The molecule has 6 heteroatoms. The van der Waals surface area contributed by atoms with Gasteiger partial charge in [0, 0.05) is 31.6 Å². The summed E-state index contributed by atoms with van der Waals surface area (Å²) in [5.74, 6) is 0.942. The summed E-state index contributed by atoms with van der Waals surface area (Å²) in [4.78, 5) is 8.21. The second-order valence-corrected chi connectivity index (χ2v) is 6.60. The zero-order chi connectivity index (χ0) is 17.5. The Kier molecular flexibility index (Phi) is 12.4. The van der Waals surface area contributed by atoms with E-state index in [-0.39, 0.29) is 0 Å². The standard InChI is InChI=1S/C18H33N3O2S/c1-4-6-12-22-14-15-23-13-10-20-18(19-5-2)21(3)11-9-17-8-7-16-24-17/h7-8,16H,4-6,9-15H2,1-3H3,(H,19,20). The van der Waals surface area contributed by atoms with Crippen molar-refractivity contribution in [3.63, 3.8) is 0 Å². The van der Waals surface area contributed by atoms with Gasteiger partial charge in [-0.1, -0.05) is 19.4 Å². The summed E-state index contributed by atoms with van der Waals surface area (Å²) in [7, 11) is 2.08. The van der Waals surface area contributed by atoms with E-state index in [2.05, 4.69) is 53.6 Å². The number of likely N-dealkylation sites (N-methyl/N-ethyl adjacent to an activating group) is 1. The van der Waals surface area contributed by atoms with Gasteiger partial charge in [-0.15, -0.1) is 11.3 Å². The van der Waals surface area contributed by atoms with Crippen LogP contribution in [0, 0.1) is 0 Å². The van der Waals surface area contributed by atoms with Crippen LogP contribution < -0.4 is 5.32 Å². The molecule has 0 saturated carbocycles. The summed E-state index contributed by atoms with van der Waals surface area (Å²) in [5, 5.41) is 5.46. The molecule has 0 fully saturated rings. The van der Waals surface area contributed by atoms with Crippen molar-refractivity contribution in [1.82, 2.24) is 10.2 Å². The second-order valence-electron chi connectivity index (χ2n) is 5.56. The molecule has 1 N–H and O–H groups in total. The first kappa shape index (κ1) is 20.9. The molecule has 0 aromatic carbocycles. The smallest absolute Gasteiger partial charge is 0.193 e. The van der Waals surface area contributed by atoms with E-state index in [0.717, 1.165) is 38.5 Å². The minimum atomic E-state index is 0.630. The van der Waals surface area contributed by atoms with Crippen LogP contribution >= 0.6 is 11.3 Å². The maximum Gasteiger partial charge on any atom is 0.193 e. The van der Waals surface area contributed by atoms with Gasteiger partial charge in [0.1, 0.15) is 0 Å². The van der Waals surface area contributed by atoms with Crippen molar-refractivity contribution in [3.8, 4) is 0 Å². The summed E-state index contributed by atoms with van der Waals surface area (Å²) >= 11 is 1.81. The number of hydrogen-bond donors (Lipinski definition) is 1. The van der Waals surface area contributed by atoms with E-state index in [0.29, 0.717) is 26.4 Å². The number of nitrogens with one attached hydrogen (secondary N) is 1. The van der Waals surface area contributed by atoms with Gasteiger partial charge in [0.05, 0.1) is 26.4 Å². The molecular formula is C18H33N3O2S. The minimum absolute atomic E-state index is 0.630. The Morgan fingerprint density at radius 1 is 1.21 bits per heavy atom. The van der Waals surface area contributed by atoms with E-state index in [9.17, 15) is 0 Å². The lowest BCUT2D eigenvalue weighted by molar-refractivity contribution is 0.0497. The highest BCUT2D eigenvalue weighted by molar-refractivity contribution is 7.09. The van der Waals surface area contributed by atoms with Gasteiger partial charge in [0.15, 0.2) is 5.96 Å². The average molecular weight is 356 g/mol. The summed E-state index contributed by atoms with van der Waals surface area (Å²) < 4.78 is 11.0. The largest absolute Gasteiger partial charge is 0.379 e. The van der Waals surface area contributed by atoms with Gasteiger partial charge < -0.3 is 19.7 Å². The van der Waals surface area contributed by atoms with Gasteiger partial charge >= 0.3 is 0 Å². The number of aliphatic imine (C=N–C) groups is 1. The molecule has 0 radical (unpaired) electrons. The molecule has 0 unspecified atom stereocenters. The Labute approximate surface area is 151 Å². The van der Waals surface area contributed by atoms with E-state index in [1.807, 2.05) is 0 Å². The van der Waals surface area contributed by atoms with Gasteiger partial charge in [-0.05, 0) is 31.2 Å². The third-order valence-electron chi connectivity index (χ3n) is 3.48. The van der Waals surface area contributed by atoms with Crippen LogP contribution in [-0.4, -0.2) is 64.0 Å². The molecule has 1 aromatic rings. The van der Waals surface area contributed by atoms with Crippen molar-refractivity contribution in [2.45, 2.75) is 33.1 Å². The highest BCUT2D eigenvalue weighted by atomic mass is 32.1. The van der Waals surface area contributed by atoms with Crippen molar-refractivity contribution in [3.05, 3.63) is 22.4 Å². The predicted octanol–water partition coefficient (Wildman–Crippen LogP) is 3.02. The van der Waals surface area contributed by atoms with Crippen LogP contribution in [0.25, 0.3) is 0 Å². The fraction of sp³-hybridized carbons (Fsp3) is 0.722. The molecule has 1 rings (SSSR count). The zero-order valence-electron chi connectivity index (χ0n) is 15.4. The van der Waals surface area contributed by atoms with Gasteiger partial charge in [-0.25, -0.2) is 0 Å². The highest BCUT2D eigenvalue weighted by Crippen LogP contribution is 2.09. The van der Waals surface area contributed by atoms with Crippen LogP contribution in [0.1, 0.15) is 31.6 Å². The number of guanidine groups is 1. The van der Waals surface area contributed by atoms with E-state index in [1.54, 1.807) is 11.3 Å². The van der Waals surface area contributed by atoms with Crippen molar-refractivity contribution < 1.29 is 9.47 Å². The summed E-state index contributed by atoms with van der Waals surface area (Å²) in [6.45, 7) is 9.52. The molecule has 0 atom stereocenters. The Balaban J connectivity index is 2.18. The van der Waals surface area contributed by atoms with E-state index < -0.39 is 0 Å². The predicted molar refractivity (Wildman–Crippen MR) is 103 cm³/mol. The molecule has 1 heterocycles. The van der Waals surface area contributed by atoms with Crippen molar-refractivity contribution in [2.75, 3.05) is 53.1 Å². The first-order valence-electron chi connectivity index (χ1n) is 8.95. The molecule has 0 aliphatic carbocycles. The summed E-state index contributed by atoms with van der Waals surface area (Å²) in [5.41, 5.74) is 0. The van der Waals surface area contributed by atoms with Crippen LogP contribution in [0.15, 0.2) is 22.5 Å². The Morgan fingerprint density at radius 2 is 2.00 bits per heavy atom. The van der Waals surface area contributed by atoms with E-state index in [1.165, 1.54) is 11.3 Å². The van der Waals surface area contributed by atoms with Crippen LogP contribution in [-0.2, 0) is 15.9 Å². The van der Waals surface area contributed by atoms with Gasteiger partial charge in [-0.2, -0.15) is 0 Å². The third-order valence-corrected chi connectivity index (χ3v) is 4.42. The highest BCUT2D eigenvalue weighted by Gasteiger charge is 2.05. The molecular weight excluding hydrogens is 322 g/mol. The molecule has 0 aliphatic heterocycles. The molecule has 0 amide bonds. The summed E-state index contributed by atoms with van der Waals surface area (Å²) in [6, 6.07) is 4.28. The molecule has 1 aromatic heterocycles. The fourth-order valence-electron chi connectivity index (χ4n) is 2.09. The fourth-order valence-corrected chi connectivity index (χ4v) is 2.79. The molecule has 138 valence electrons. The second kappa shape index (κ2) is 14.3. The Bertz CT molecular complexity index is 424. The van der Waals surface area contributed by atoms with Crippen LogP contribution in [0.5, 0.6) is 0 Å². The first-order chi connectivity index (χ1) is 11.8. The molecule has 0 spiro atoms. The molecule has 0 saturated heterocycles. The Morgan fingerprint density at radius 3 is 2.67 bits per heavy atom. The number of thiophene rings is 1. The average Bonchev–Trinajstić information content (AvgIpc) is 3.10. The number of nitrogens with zero attached hydrogens (tertiary/aromatic N) is 2. The van der Waals surface area contributed by atoms with E-state index >= 15 is 0 Å². The normalized spacial score (nSPS) is 11.7. The lowest BCUT2D eigenvalue weighted by atomic mass is 10.3. The summed E-state index contributed by atoms with van der Waals surface area (Å²) in [6.07, 6.45) is 3.33. The number of hydrogen-bond acceptors (Lipinski definition) is 4. The van der Waals surface area contributed by atoms with Gasteiger partial charge in [0.2, 0.25) is 0 Å². The third kappa shape index (κ3) is 9.90.